The third-order valence-corrected chi connectivity index (χ3v) is 7.89. The van der Waals surface area contributed by atoms with Crippen molar-refractivity contribution in [3.8, 4) is 0 Å². The number of benzene rings is 2. The molecule has 8 heteroatoms. The Morgan fingerprint density at radius 2 is 1.86 bits per heavy atom. The number of tetrazole rings is 1. The third kappa shape index (κ3) is 5.26. The van der Waals surface area contributed by atoms with Crippen molar-refractivity contribution >= 4 is 22.2 Å². The van der Waals surface area contributed by atoms with Gasteiger partial charge in [-0.25, -0.2) is 4.68 Å². The summed E-state index contributed by atoms with van der Waals surface area (Å²) < 4.78 is 1.89. The van der Waals surface area contributed by atoms with Gasteiger partial charge in [-0.1, -0.05) is 55.0 Å². The number of H-pyrrole nitrogens is 1. The minimum Gasteiger partial charge on any atom is -0.322 e. The average molecular weight is 513 g/mol. The van der Waals surface area contributed by atoms with Crippen molar-refractivity contribution in [3.05, 3.63) is 110 Å². The number of hydrogen-bond acceptors (Lipinski definition) is 6. The van der Waals surface area contributed by atoms with Gasteiger partial charge in [-0.05, 0) is 78.2 Å². The van der Waals surface area contributed by atoms with Crippen LogP contribution in [0.25, 0.3) is 10.9 Å². The average Bonchev–Trinajstić information content (AvgIpc) is 3.58. The van der Waals surface area contributed by atoms with E-state index in [4.69, 9.17) is 0 Å². The summed E-state index contributed by atoms with van der Waals surface area (Å²) in [5.74, 6) is 0.664. The van der Waals surface area contributed by atoms with Gasteiger partial charge in [0.1, 0.15) is 6.04 Å². The van der Waals surface area contributed by atoms with E-state index < -0.39 is 6.04 Å². The molecule has 1 N–H and O–H groups in total. The summed E-state index contributed by atoms with van der Waals surface area (Å²) in [5, 5.41) is 16.1. The van der Waals surface area contributed by atoms with Crippen LogP contribution < -0.4 is 5.56 Å². The number of aryl methyl sites for hydroxylation is 1. The first-order valence-electron chi connectivity index (χ1n) is 12.6. The highest BCUT2D eigenvalue weighted by molar-refractivity contribution is 7.09. The summed E-state index contributed by atoms with van der Waals surface area (Å²) in [5.41, 5.74) is 3.30. The van der Waals surface area contributed by atoms with Crippen LogP contribution in [0.15, 0.2) is 76.9 Å². The maximum absolute atomic E-state index is 13.7. The maximum atomic E-state index is 13.7. The fourth-order valence-electron chi connectivity index (χ4n) is 4.65. The molecule has 190 valence electrons. The Morgan fingerprint density at radius 1 is 1.05 bits per heavy atom. The summed E-state index contributed by atoms with van der Waals surface area (Å²) in [4.78, 5) is 20.3. The lowest BCUT2D eigenvalue weighted by molar-refractivity contribution is 0.182. The van der Waals surface area contributed by atoms with Gasteiger partial charge in [0, 0.05) is 29.0 Å². The third-order valence-electron chi connectivity index (χ3n) is 7.03. The molecule has 1 atom stereocenters. The fraction of sp³-hybridized carbons (Fsp3) is 0.310. The van der Waals surface area contributed by atoms with Crippen LogP contribution in [0.2, 0.25) is 0 Å². The largest absolute Gasteiger partial charge is 0.322 e. The highest BCUT2D eigenvalue weighted by atomic mass is 32.1. The Hall–Kier alpha value is -3.62. The lowest BCUT2D eigenvalue weighted by Gasteiger charge is -2.33. The quantitative estimate of drug-likeness (QED) is 0.269. The molecular weight excluding hydrogens is 480 g/mol. The summed E-state index contributed by atoms with van der Waals surface area (Å²) in [6.07, 6.45) is 0.842. The highest BCUT2D eigenvalue weighted by Gasteiger charge is 2.34. The number of hydrogen-bond donors (Lipinski definition) is 1. The molecule has 0 amide bonds. The summed E-state index contributed by atoms with van der Waals surface area (Å²) in [6, 6.07) is 22.2. The topological polar surface area (TPSA) is 79.7 Å². The molecule has 2 aromatic carbocycles. The van der Waals surface area contributed by atoms with E-state index in [0.717, 1.165) is 28.5 Å². The Bertz CT molecular complexity index is 1540. The molecule has 0 aliphatic rings. The van der Waals surface area contributed by atoms with E-state index in [1.54, 1.807) is 11.3 Å². The van der Waals surface area contributed by atoms with Crippen LogP contribution in [-0.2, 0) is 18.6 Å². The van der Waals surface area contributed by atoms with Gasteiger partial charge in [-0.2, -0.15) is 0 Å². The SMILES string of the molecule is CCC(C)(C)n1nnnc1C(c1cc2cc(C)ccc2[nH]c1=O)N(Cc1ccccc1)Cc1cccs1. The smallest absolute Gasteiger partial charge is 0.253 e. The summed E-state index contributed by atoms with van der Waals surface area (Å²) >= 11 is 1.71. The van der Waals surface area contributed by atoms with Crippen LogP contribution in [0.1, 0.15) is 60.6 Å². The second-order valence-electron chi connectivity index (χ2n) is 10.1. The zero-order valence-corrected chi connectivity index (χ0v) is 22.5. The number of nitrogens with zero attached hydrogens (tertiary/aromatic N) is 5. The zero-order chi connectivity index (χ0) is 26.0. The molecule has 0 fully saturated rings. The molecule has 0 saturated heterocycles. The number of nitrogens with one attached hydrogen (secondary N) is 1. The lowest BCUT2D eigenvalue weighted by Crippen LogP contribution is -2.37. The number of rotatable bonds is 9. The first kappa shape index (κ1) is 25.0. The van der Waals surface area contributed by atoms with Gasteiger partial charge in [0.05, 0.1) is 5.54 Å². The molecule has 5 aromatic rings. The molecule has 1 unspecified atom stereocenters. The van der Waals surface area contributed by atoms with Gasteiger partial charge in [0.25, 0.3) is 5.56 Å². The molecule has 37 heavy (non-hydrogen) atoms. The number of pyridine rings is 1. The van der Waals surface area contributed by atoms with Crippen LogP contribution in [-0.4, -0.2) is 30.1 Å². The number of fused-ring (bicyclic) bond motifs is 1. The zero-order valence-electron chi connectivity index (χ0n) is 21.7. The van der Waals surface area contributed by atoms with Crippen molar-refractivity contribution in [3.63, 3.8) is 0 Å². The number of thiophene rings is 1. The molecule has 0 bridgehead atoms. The van der Waals surface area contributed by atoms with Crippen molar-refractivity contribution in [2.45, 2.75) is 58.8 Å². The predicted octanol–water partition coefficient (Wildman–Crippen LogP) is 5.82. The van der Waals surface area contributed by atoms with Gasteiger partial charge in [-0.15, -0.1) is 16.4 Å². The molecule has 0 spiro atoms. The first-order valence-corrected chi connectivity index (χ1v) is 13.5. The Labute approximate surface area is 220 Å². The number of aromatic amines is 1. The maximum Gasteiger partial charge on any atom is 0.253 e. The van der Waals surface area contributed by atoms with Gasteiger partial charge in [-0.3, -0.25) is 9.69 Å². The molecular formula is C29H32N6OS. The van der Waals surface area contributed by atoms with Crippen LogP contribution >= 0.6 is 11.3 Å². The van der Waals surface area contributed by atoms with E-state index in [9.17, 15) is 4.79 Å². The van der Waals surface area contributed by atoms with E-state index in [0.29, 0.717) is 24.5 Å². The molecule has 0 aliphatic heterocycles. The van der Waals surface area contributed by atoms with Crippen LogP contribution in [0.3, 0.4) is 0 Å². The molecule has 0 aliphatic carbocycles. The van der Waals surface area contributed by atoms with Crippen LogP contribution in [0, 0.1) is 6.92 Å². The van der Waals surface area contributed by atoms with Gasteiger partial charge in [0.2, 0.25) is 0 Å². The van der Waals surface area contributed by atoms with E-state index >= 15 is 0 Å². The highest BCUT2D eigenvalue weighted by Crippen LogP contribution is 2.33. The van der Waals surface area contributed by atoms with Gasteiger partial charge in [0.15, 0.2) is 5.82 Å². The second-order valence-corrected chi connectivity index (χ2v) is 11.2. The minimum atomic E-state index is -0.461. The van der Waals surface area contributed by atoms with E-state index in [1.165, 1.54) is 4.88 Å². The van der Waals surface area contributed by atoms with Crippen LogP contribution in [0.5, 0.6) is 0 Å². The Morgan fingerprint density at radius 3 is 2.59 bits per heavy atom. The van der Waals surface area contributed by atoms with E-state index in [2.05, 4.69) is 88.8 Å². The second kappa shape index (κ2) is 10.4. The molecule has 0 saturated carbocycles. The Kier molecular flexibility index (Phi) is 7.04. The van der Waals surface area contributed by atoms with Crippen molar-refractivity contribution in [2.75, 3.05) is 0 Å². The summed E-state index contributed by atoms with van der Waals surface area (Å²) in [6.45, 7) is 9.72. The monoisotopic (exact) mass is 512 g/mol. The van der Waals surface area contributed by atoms with Crippen molar-refractivity contribution in [1.82, 2.24) is 30.1 Å². The molecule has 3 heterocycles. The Balaban J connectivity index is 1.73. The van der Waals surface area contributed by atoms with Crippen molar-refractivity contribution in [1.29, 1.82) is 0 Å². The first-order chi connectivity index (χ1) is 17.9. The van der Waals surface area contributed by atoms with Crippen molar-refractivity contribution < 1.29 is 0 Å². The normalized spacial score (nSPS) is 12.9. The standard InChI is InChI=1S/C29H32N6OS/c1-5-29(3,4)35-27(31-32-33-35)26(24-17-22-16-20(2)13-14-25(22)30-28(24)36)34(19-23-12-9-15-37-23)18-21-10-7-6-8-11-21/h6-17,26H,5,18-19H2,1-4H3,(H,30,36). The van der Waals surface area contributed by atoms with Crippen LogP contribution in [0.4, 0.5) is 0 Å². The number of aromatic nitrogens is 5. The minimum absolute atomic E-state index is 0.130. The van der Waals surface area contributed by atoms with Gasteiger partial charge >= 0.3 is 0 Å². The van der Waals surface area contributed by atoms with Crippen molar-refractivity contribution in [2.24, 2.45) is 0 Å². The van der Waals surface area contributed by atoms with Gasteiger partial charge < -0.3 is 4.98 Å². The lowest BCUT2D eigenvalue weighted by atomic mass is 9.98. The molecule has 0 radical (unpaired) electrons. The van der Waals surface area contributed by atoms with E-state index in [1.807, 2.05) is 41.1 Å². The molecule has 5 rings (SSSR count). The summed E-state index contributed by atoms with van der Waals surface area (Å²) in [7, 11) is 0. The fourth-order valence-corrected chi connectivity index (χ4v) is 5.38. The predicted molar refractivity (Wildman–Crippen MR) is 149 cm³/mol. The van der Waals surface area contributed by atoms with E-state index in [-0.39, 0.29) is 11.1 Å². The molecule has 3 aromatic heterocycles. The molecule has 7 nitrogen and oxygen atoms in total.